The first-order valence-electron chi connectivity index (χ1n) is 8.48. The maximum Gasteiger partial charge on any atom is 0.0485 e. The van der Waals surface area contributed by atoms with E-state index in [-0.39, 0.29) is 5.41 Å². The molecule has 0 fully saturated rings. The minimum absolute atomic E-state index is 0.206. The number of benzene rings is 3. The number of rotatable bonds is 5. The van der Waals surface area contributed by atoms with Crippen molar-refractivity contribution in [2.75, 3.05) is 0 Å². The average molecular weight is 312 g/mol. The third-order valence-corrected chi connectivity index (χ3v) is 4.98. The van der Waals surface area contributed by atoms with E-state index in [1.54, 1.807) is 0 Å². The van der Waals surface area contributed by atoms with Gasteiger partial charge in [-0.2, -0.15) is 0 Å². The third-order valence-electron chi connectivity index (χ3n) is 4.98. The van der Waals surface area contributed by atoms with Crippen LogP contribution in [0.3, 0.4) is 0 Å². The van der Waals surface area contributed by atoms with Crippen LogP contribution in [0.2, 0.25) is 0 Å². The molecule has 0 amide bonds. The normalized spacial score (nSPS) is 11.2. The van der Waals surface area contributed by atoms with E-state index < -0.39 is 0 Å². The molecule has 0 heteroatoms. The Morgan fingerprint density at radius 2 is 1.25 bits per heavy atom. The van der Waals surface area contributed by atoms with Gasteiger partial charge < -0.3 is 0 Å². The summed E-state index contributed by atoms with van der Waals surface area (Å²) in [6.45, 7) is 8.42. The summed E-state index contributed by atoms with van der Waals surface area (Å²) in [5, 5.41) is 0. The minimum Gasteiger partial charge on any atom is -0.103 e. The molecule has 24 heavy (non-hydrogen) atoms. The van der Waals surface area contributed by atoms with Crippen molar-refractivity contribution in [3.8, 4) is 0 Å². The Morgan fingerprint density at radius 1 is 0.708 bits per heavy atom. The second-order valence-corrected chi connectivity index (χ2v) is 6.43. The smallest absolute Gasteiger partial charge is 0.0485 e. The van der Waals surface area contributed by atoms with Crippen molar-refractivity contribution in [1.82, 2.24) is 0 Å². The topological polar surface area (TPSA) is 0 Å². The second-order valence-electron chi connectivity index (χ2n) is 6.43. The quantitative estimate of drug-likeness (QED) is 0.388. The van der Waals surface area contributed by atoms with E-state index in [9.17, 15) is 0 Å². The Balaban J connectivity index is 2.34. The summed E-state index contributed by atoms with van der Waals surface area (Å²) in [6, 6.07) is 28.4. The summed E-state index contributed by atoms with van der Waals surface area (Å²) < 4.78 is 0. The molecule has 120 valence electrons. The zero-order valence-corrected chi connectivity index (χ0v) is 14.5. The first-order valence-corrected chi connectivity index (χ1v) is 8.48. The molecule has 3 rings (SSSR count). The summed E-state index contributed by atoms with van der Waals surface area (Å²) in [4.78, 5) is 0. The molecular formula is C24H24. The van der Waals surface area contributed by atoms with Gasteiger partial charge in [0.25, 0.3) is 0 Å². The summed E-state index contributed by atoms with van der Waals surface area (Å²) in [6.07, 6.45) is 2.90. The van der Waals surface area contributed by atoms with Crippen molar-refractivity contribution in [3.63, 3.8) is 0 Å². The molecule has 3 aromatic rings. The Labute approximate surface area is 145 Å². The lowest BCUT2D eigenvalue weighted by Gasteiger charge is -2.35. The van der Waals surface area contributed by atoms with Gasteiger partial charge in [-0.05, 0) is 48.1 Å². The molecule has 0 aliphatic carbocycles. The molecule has 0 aromatic heterocycles. The summed E-state index contributed by atoms with van der Waals surface area (Å²) in [5.74, 6) is 0. The fourth-order valence-corrected chi connectivity index (χ4v) is 3.52. The zero-order valence-electron chi connectivity index (χ0n) is 14.5. The van der Waals surface area contributed by atoms with Crippen molar-refractivity contribution < 1.29 is 0 Å². The molecule has 0 saturated heterocycles. The Kier molecular flexibility index (Phi) is 4.66. The highest BCUT2D eigenvalue weighted by Crippen LogP contribution is 2.42. The van der Waals surface area contributed by atoms with Crippen LogP contribution >= 0.6 is 0 Å². The van der Waals surface area contributed by atoms with E-state index in [0.717, 1.165) is 6.42 Å². The van der Waals surface area contributed by atoms with E-state index in [2.05, 4.69) is 99.3 Å². The zero-order chi connectivity index (χ0) is 17.0. The Hall–Kier alpha value is -2.60. The van der Waals surface area contributed by atoms with Gasteiger partial charge in [-0.3, -0.25) is 0 Å². The SMILES string of the molecule is C=CCC(c1ccccc1)(c1ccccc1)c1ccc(C)c(C)c1. The van der Waals surface area contributed by atoms with Crippen molar-refractivity contribution in [3.05, 3.63) is 119 Å². The molecule has 0 bridgehead atoms. The maximum absolute atomic E-state index is 4.06. The van der Waals surface area contributed by atoms with Gasteiger partial charge in [0.15, 0.2) is 0 Å². The molecule has 0 heterocycles. The van der Waals surface area contributed by atoms with Crippen LogP contribution in [0.4, 0.5) is 0 Å². The van der Waals surface area contributed by atoms with E-state index >= 15 is 0 Å². The molecule has 0 atom stereocenters. The summed E-state index contributed by atoms with van der Waals surface area (Å²) in [7, 11) is 0. The van der Waals surface area contributed by atoms with Gasteiger partial charge in [-0.1, -0.05) is 84.9 Å². The largest absolute Gasteiger partial charge is 0.103 e. The third kappa shape index (κ3) is 2.80. The van der Waals surface area contributed by atoms with Crippen LogP contribution in [0.25, 0.3) is 0 Å². The predicted molar refractivity (Wildman–Crippen MR) is 103 cm³/mol. The van der Waals surface area contributed by atoms with Crippen LogP contribution in [0.15, 0.2) is 91.5 Å². The van der Waals surface area contributed by atoms with Gasteiger partial charge in [0.1, 0.15) is 0 Å². The van der Waals surface area contributed by atoms with Gasteiger partial charge >= 0.3 is 0 Å². The predicted octanol–water partition coefficient (Wildman–Crippen LogP) is 6.21. The molecule has 0 aliphatic heterocycles. The average Bonchev–Trinajstić information content (AvgIpc) is 2.63. The molecule has 0 unspecified atom stereocenters. The van der Waals surface area contributed by atoms with E-state index in [1.807, 2.05) is 6.08 Å². The van der Waals surface area contributed by atoms with Crippen molar-refractivity contribution in [2.45, 2.75) is 25.7 Å². The monoisotopic (exact) mass is 312 g/mol. The van der Waals surface area contributed by atoms with Crippen LogP contribution in [0, 0.1) is 13.8 Å². The van der Waals surface area contributed by atoms with E-state index in [4.69, 9.17) is 0 Å². The van der Waals surface area contributed by atoms with Crippen molar-refractivity contribution in [2.24, 2.45) is 0 Å². The molecule has 0 N–H and O–H groups in total. The van der Waals surface area contributed by atoms with Crippen LogP contribution in [0.5, 0.6) is 0 Å². The van der Waals surface area contributed by atoms with Crippen molar-refractivity contribution >= 4 is 0 Å². The van der Waals surface area contributed by atoms with Gasteiger partial charge in [0, 0.05) is 5.41 Å². The number of hydrogen-bond donors (Lipinski definition) is 0. The van der Waals surface area contributed by atoms with Crippen LogP contribution in [-0.4, -0.2) is 0 Å². The van der Waals surface area contributed by atoms with Gasteiger partial charge in [-0.15, -0.1) is 6.58 Å². The minimum atomic E-state index is -0.206. The highest BCUT2D eigenvalue weighted by molar-refractivity contribution is 5.52. The van der Waals surface area contributed by atoms with E-state index in [1.165, 1.54) is 27.8 Å². The second kappa shape index (κ2) is 6.88. The Morgan fingerprint density at radius 3 is 1.71 bits per heavy atom. The standard InChI is InChI=1S/C24H24/c1-4-17-24(21-11-7-5-8-12-21,22-13-9-6-10-14-22)23-16-15-19(2)20(3)18-23/h4-16,18H,1,17H2,2-3H3. The number of allylic oxidation sites excluding steroid dienone is 1. The highest BCUT2D eigenvalue weighted by Gasteiger charge is 2.35. The van der Waals surface area contributed by atoms with Gasteiger partial charge in [0.05, 0.1) is 0 Å². The number of aryl methyl sites for hydroxylation is 2. The summed E-state index contributed by atoms with van der Waals surface area (Å²) in [5.41, 5.74) is 6.38. The maximum atomic E-state index is 4.06. The molecule has 3 aromatic carbocycles. The summed E-state index contributed by atoms with van der Waals surface area (Å²) >= 11 is 0. The van der Waals surface area contributed by atoms with Gasteiger partial charge in [0.2, 0.25) is 0 Å². The fraction of sp³-hybridized carbons (Fsp3) is 0.167. The molecular weight excluding hydrogens is 288 g/mol. The molecule has 0 spiro atoms. The van der Waals surface area contributed by atoms with Crippen LogP contribution < -0.4 is 0 Å². The molecule has 0 radical (unpaired) electrons. The first-order chi connectivity index (χ1) is 11.7. The molecule has 0 nitrogen and oxygen atoms in total. The number of hydrogen-bond acceptors (Lipinski definition) is 0. The van der Waals surface area contributed by atoms with Crippen LogP contribution in [-0.2, 0) is 5.41 Å². The van der Waals surface area contributed by atoms with Gasteiger partial charge in [-0.25, -0.2) is 0 Å². The fourth-order valence-electron chi connectivity index (χ4n) is 3.52. The lowest BCUT2D eigenvalue weighted by atomic mass is 9.67. The lowest BCUT2D eigenvalue weighted by Crippen LogP contribution is -2.29. The van der Waals surface area contributed by atoms with Crippen molar-refractivity contribution in [1.29, 1.82) is 0 Å². The molecule has 0 saturated carbocycles. The van der Waals surface area contributed by atoms with E-state index in [0.29, 0.717) is 0 Å². The Bertz CT molecular complexity index is 774. The highest BCUT2D eigenvalue weighted by atomic mass is 14.4. The first kappa shape index (κ1) is 16.3. The molecule has 0 aliphatic rings. The van der Waals surface area contributed by atoms with Crippen LogP contribution in [0.1, 0.15) is 34.2 Å². The lowest BCUT2D eigenvalue weighted by molar-refractivity contribution is 0.627.